The summed E-state index contributed by atoms with van der Waals surface area (Å²) in [6.07, 6.45) is 2.20. The third kappa shape index (κ3) is 5.47. The number of hydrogen-bond acceptors (Lipinski definition) is 4. The van der Waals surface area contributed by atoms with Gasteiger partial charge in [-0.05, 0) is 48.7 Å². The minimum atomic E-state index is -0.537. The van der Waals surface area contributed by atoms with E-state index in [2.05, 4.69) is 22.7 Å². The van der Waals surface area contributed by atoms with Gasteiger partial charge < -0.3 is 5.32 Å². The predicted octanol–water partition coefficient (Wildman–Crippen LogP) is 4.18. The van der Waals surface area contributed by atoms with Gasteiger partial charge in [-0.3, -0.25) is 14.6 Å². The highest BCUT2D eigenvalue weighted by Gasteiger charge is 2.32. The summed E-state index contributed by atoms with van der Waals surface area (Å²) >= 11 is 6.38. The van der Waals surface area contributed by atoms with Crippen molar-refractivity contribution in [2.75, 3.05) is 16.6 Å². The Labute approximate surface area is 198 Å². The fourth-order valence-electron chi connectivity index (χ4n) is 3.25. The smallest absolute Gasteiger partial charge is 0.264 e. The molecular formula is C25H26ClFN4O2. The highest BCUT2D eigenvalue weighted by atomic mass is 35.5. The van der Waals surface area contributed by atoms with E-state index in [1.165, 1.54) is 6.07 Å². The number of rotatable bonds is 4. The second-order valence-electron chi connectivity index (χ2n) is 9.34. The zero-order chi connectivity index (χ0) is 23.8. The quantitative estimate of drug-likeness (QED) is 0.661. The monoisotopic (exact) mass is 468 g/mol. The Bertz CT molecular complexity index is 1160. The summed E-state index contributed by atoms with van der Waals surface area (Å²) in [4.78, 5) is 24.8. The Morgan fingerprint density at radius 2 is 1.97 bits per heavy atom. The maximum atomic E-state index is 14.8. The Balaban J connectivity index is 1.49. The molecule has 2 aromatic rings. The topological polar surface area (TPSA) is 64.7 Å². The molecule has 1 aliphatic carbocycles. The molecule has 0 aromatic heterocycles. The first-order valence-electron chi connectivity index (χ1n) is 10.9. The fourth-order valence-corrected chi connectivity index (χ4v) is 3.47. The van der Waals surface area contributed by atoms with E-state index in [1.54, 1.807) is 29.3 Å². The summed E-state index contributed by atoms with van der Waals surface area (Å²) < 4.78 is 14.8. The summed E-state index contributed by atoms with van der Waals surface area (Å²) in [6.45, 7) is 5.82. The van der Waals surface area contributed by atoms with Crippen LogP contribution in [0.4, 0.5) is 15.8 Å². The van der Waals surface area contributed by atoms with Gasteiger partial charge in [0.2, 0.25) is 5.91 Å². The van der Waals surface area contributed by atoms with Crippen LogP contribution in [0.15, 0.2) is 36.4 Å². The van der Waals surface area contributed by atoms with E-state index in [9.17, 15) is 14.0 Å². The molecule has 1 saturated heterocycles. The van der Waals surface area contributed by atoms with Crippen molar-refractivity contribution >= 4 is 34.8 Å². The number of hydrogen-bond donors (Lipinski definition) is 2. The SMILES string of the molecule is CC(C)(C)C(=O)NCc1ccc(Cl)c(N2CC(=O)N(c3ccc(C#CC4CC4)cc3F)N2)c1. The maximum Gasteiger partial charge on any atom is 0.264 e. The van der Waals surface area contributed by atoms with Crippen molar-refractivity contribution in [2.24, 2.45) is 11.3 Å². The van der Waals surface area contributed by atoms with Crippen molar-refractivity contribution in [3.05, 3.63) is 58.4 Å². The number of nitrogens with one attached hydrogen (secondary N) is 2. The van der Waals surface area contributed by atoms with Crippen molar-refractivity contribution in [3.8, 4) is 11.8 Å². The normalized spacial score (nSPS) is 16.0. The van der Waals surface area contributed by atoms with Crippen LogP contribution < -0.4 is 20.9 Å². The molecule has 4 rings (SSSR count). The van der Waals surface area contributed by atoms with Gasteiger partial charge in [-0.2, -0.15) is 0 Å². The van der Waals surface area contributed by atoms with Crippen LogP contribution in [-0.4, -0.2) is 18.4 Å². The lowest BCUT2D eigenvalue weighted by Gasteiger charge is -2.23. The molecule has 8 heteroatoms. The summed E-state index contributed by atoms with van der Waals surface area (Å²) in [6, 6.07) is 9.90. The van der Waals surface area contributed by atoms with Gasteiger partial charge in [0, 0.05) is 23.4 Å². The highest BCUT2D eigenvalue weighted by molar-refractivity contribution is 6.33. The highest BCUT2D eigenvalue weighted by Crippen LogP contribution is 2.30. The number of hydrazine groups is 2. The standard InChI is InChI=1S/C25H26ClFN4O2/c1-25(2,3)24(33)28-14-18-8-10-19(26)22(13-18)30-15-23(32)31(29-30)21-11-9-17(12-20(21)27)7-6-16-4-5-16/h8-13,16,29H,4-5,14-15H2,1-3H3,(H,28,33). The molecule has 0 unspecified atom stereocenters. The van der Waals surface area contributed by atoms with Crippen LogP contribution in [0.2, 0.25) is 5.02 Å². The van der Waals surface area contributed by atoms with Gasteiger partial charge in [-0.1, -0.05) is 50.3 Å². The molecule has 33 heavy (non-hydrogen) atoms. The third-order valence-corrected chi connectivity index (χ3v) is 5.71. The van der Waals surface area contributed by atoms with Gasteiger partial charge in [0.15, 0.2) is 0 Å². The van der Waals surface area contributed by atoms with Gasteiger partial charge in [0.25, 0.3) is 5.91 Å². The van der Waals surface area contributed by atoms with E-state index in [1.807, 2.05) is 26.8 Å². The number of nitrogens with zero attached hydrogens (tertiary/aromatic N) is 2. The molecule has 0 bridgehead atoms. The molecule has 2 aliphatic rings. The average molecular weight is 469 g/mol. The van der Waals surface area contributed by atoms with Crippen molar-refractivity contribution in [2.45, 2.75) is 40.2 Å². The van der Waals surface area contributed by atoms with Gasteiger partial charge in [-0.15, -0.1) is 5.53 Å². The molecule has 0 spiro atoms. The van der Waals surface area contributed by atoms with Crippen molar-refractivity contribution in [3.63, 3.8) is 0 Å². The number of anilines is 2. The minimum absolute atomic E-state index is 0.0276. The molecule has 1 heterocycles. The maximum absolute atomic E-state index is 14.8. The molecule has 1 saturated carbocycles. The lowest BCUT2D eigenvalue weighted by Crippen LogP contribution is -2.41. The van der Waals surface area contributed by atoms with E-state index in [4.69, 9.17) is 11.6 Å². The van der Waals surface area contributed by atoms with Crippen molar-refractivity contribution in [1.29, 1.82) is 0 Å². The molecule has 2 aromatic carbocycles. The molecule has 0 radical (unpaired) electrons. The zero-order valence-corrected chi connectivity index (χ0v) is 19.6. The second kappa shape index (κ2) is 9.05. The summed E-state index contributed by atoms with van der Waals surface area (Å²) in [5, 5.41) is 6.04. The lowest BCUT2D eigenvalue weighted by atomic mass is 9.95. The molecule has 172 valence electrons. The first kappa shape index (κ1) is 23.1. The predicted molar refractivity (Wildman–Crippen MR) is 127 cm³/mol. The third-order valence-electron chi connectivity index (χ3n) is 5.39. The molecule has 2 N–H and O–H groups in total. The first-order chi connectivity index (χ1) is 15.6. The summed E-state index contributed by atoms with van der Waals surface area (Å²) in [7, 11) is 0. The Morgan fingerprint density at radius 3 is 2.64 bits per heavy atom. The average Bonchev–Trinajstić information content (AvgIpc) is 3.51. The lowest BCUT2D eigenvalue weighted by molar-refractivity contribution is -0.128. The molecular weight excluding hydrogens is 443 g/mol. The molecule has 6 nitrogen and oxygen atoms in total. The number of amides is 2. The fraction of sp³-hybridized carbons (Fsp3) is 0.360. The zero-order valence-electron chi connectivity index (χ0n) is 18.8. The van der Waals surface area contributed by atoms with E-state index in [0.717, 1.165) is 23.4 Å². The number of carbonyl (C=O) groups is 2. The number of benzene rings is 2. The van der Waals surface area contributed by atoms with E-state index >= 15 is 0 Å². The van der Waals surface area contributed by atoms with E-state index < -0.39 is 11.2 Å². The molecule has 0 atom stereocenters. The van der Waals surface area contributed by atoms with Crippen molar-refractivity contribution in [1.82, 2.24) is 10.9 Å². The number of halogens is 2. The van der Waals surface area contributed by atoms with E-state index in [0.29, 0.717) is 28.7 Å². The second-order valence-corrected chi connectivity index (χ2v) is 9.75. The van der Waals surface area contributed by atoms with Gasteiger partial charge in [0.05, 0.1) is 16.4 Å². The summed E-state index contributed by atoms with van der Waals surface area (Å²) in [5.74, 6) is 5.57. The molecule has 2 amide bonds. The van der Waals surface area contributed by atoms with Crippen LogP contribution in [0.1, 0.15) is 44.7 Å². The van der Waals surface area contributed by atoms with Crippen LogP contribution in [0, 0.1) is 29.0 Å². The van der Waals surface area contributed by atoms with Gasteiger partial charge >= 0.3 is 0 Å². The van der Waals surface area contributed by atoms with Crippen LogP contribution in [0.3, 0.4) is 0 Å². The Hall–Kier alpha value is -3.08. The van der Waals surface area contributed by atoms with Crippen LogP contribution in [0.5, 0.6) is 0 Å². The van der Waals surface area contributed by atoms with Crippen LogP contribution >= 0.6 is 11.6 Å². The summed E-state index contributed by atoms with van der Waals surface area (Å²) in [5.41, 5.74) is 4.50. The Kier molecular flexibility index (Phi) is 6.33. The van der Waals surface area contributed by atoms with Crippen molar-refractivity contribution < 1.29 is 14.0 Å². The van der Waals surface area contributed by atoms with Gasteiger partial charge in [-0.25, -0.2) is 9.40 Å². The molecule has 2 fully saturated rings. The molecule has 1 aliphatic heterocycles. The first-order valence-corrected chi connectivity index (χ1v) is 11.2. The van der Waals surface area contributed by atoms with Gasteiger partial charge in [0.1, 0.15) is 12.4 Å². The van der Waals surface area contributed by atoms with Crippen LogP contribution in [-0.2, 0) is 16.1 Å². The Morgan fingerprint density at radius 1 is 1.21 bits per heavy atom. The largest absolute Gasteiger partial charge is 0.352 e. The van der Waals surface area contributed by atoms with Crippen LogP contribution in [0.25, 0.3) is 0 Å². The van der Waals surface area contributed by atoms with E-state index in [-0.39, 0.29) is 24.0 Å². The number of carbonyl (C=O) groups excluding carboxylic acids is 2. The minimum Gasteiger partial charge on any atom is -0.352 e.